The first kappa shape index (κ1) is 20.5. The second-order valence-corrected chi connectivity index (χ2v) is 9.83. The SMILES string of the molecule is COc1ccccc1Cc1cc(C(=O)N2C[C@@H]3C[C@@]4(C)[C@H](CCCC[C@@H]24)N3C)ccn1. The molecule has 2 aliphatic heterocycles. The lowest BCUT2D eigenvalue weighted by molar-refractivity contribution is 0.0283. The molecule has 2 saturated heterocycles. The Morgan fingerprint density at radius 2 is 1.97 bits per heavy atom. The fourth-order valence-electron chi connectivity index (χ4n) is 6.61. The van der Waals surface area contributed by atoms with Crippen LogP contribution in [0.15, 0.2) is 42.6 Å². The second-order valence-electron chi connectivity index (χ2n) is 9.83. The molecule has 1 aromatic carbocycles. The predicted molar refractivity (Wildman–Crippen MR) is 121 cm³/mol. The summed E-state index contributed by atoms with van der Waals surface area (Å²) >= 11 is 0. The molecule has 5 rings (SSSR count). The highest BCUT2D eigenvalue weighted by molar-refractivity contribution is 5.94. The molecular formula is C26H33N3O2. The normalized spacial score (nSPS) is 30.2. The van der Waals surface area contributed by atoms with Crippen molar-refractivity contribution < 1.29 is 9.53 Å². The van der Waals surface area contributed by atoms with E-state index in [2.05, 4.69) is 34.8 Å². The molecule has 4 atom stereocenters. The number of rotatable bonds is 4. The van der Waals surface area contributed by atoms with Crippen LogP contribution in [0.4, 0.5) is 0 Å². The Bertz CT molecular complexity index is 977. The largest absolute Gasteiger partial charge is 0.496 e. The van der Waals surface area contributed by atoms with Crippen LogP contribution in [0.2, 0.25) is 0 Å². The van der Waals surface area contributed by atoms with Gasteiger partial charge in [-0.1, -0.05) is 38.0 Å². The van der Waals surface area contributed by atoms with Crippen molar-refractivity contribution in [2.75, 3.05) is 20.7 Å². The zero-order chi connectivity index (χ0) is 21.6. The van der Waals surface area contributed by atoms with Gasteiger partial charge in [0.05, 0.1) is 7.11 Å². The molecule has 5 nitrogen and oxygen atoms in total. The Morgan fingerprint density at radius 3 is 2.77 bits per heavy atom. The number of carbonyl (C=O) groups is 1. The highest BCUT2D eigenvalue weighted by atomic mass is 16.5. The summed E-state index contributed by atoms with van der Waals surface area (Å²) in [5.74, 6) is 1.02. The average Bonchev–Trinajstić information content (AvgIpc) is 2.89. The molecule has 0 unspecified atom stereocenters. The van der Waals surface area contributed by atoms with Gasteiger partial charge in [-0.05, 0) is 44.5 Å². The maximum absolute atomic E-state index is 13.8. The third kappa shape index (κ3) is 3.43. The number of fused-ring (bicyclic) bond motifs is 1. The quantitative estimate of drug-likeness (QED) is 0.747. The number of amides is 1. The number of aromatic nitrogens is 1. The average molecular weight is 420 g/mol. The number of para-hydroxylation sites is 1. The molecular weight excluding hydrogens is 386 g/mol. The number of nitrogens with zero attached hydrogens (tertiary/aromatic N) is 3. The molecule has 0 radical (unpaired) electrons. The van der Waals surface area contributed by atoms with Crippen LogP contribution in [-0.2, 0) is 6.42 Å². The lowest BCUT2D eigenvalue weighted by Gasteiger charge is -2.46. The lowest BCUT2D eigenvalue weighted by Crippen LogP contribution is -2.55. The zero-order valence-corrected chi connectivity index (χ0v) is 18.9. The van der Waals surface area contributed by atoms with Crippen molar-refractivity contribution in [2.24, 2.45) is 5.41 Å². The smallest absolute Gasteiger partial charge is 0.254 e. The summed E-state index contributed by atoms with van der Waals surface area (Å²) in [6.07, 6.45) is 8.53. The number of ether oxygens (including phenoxy) is 1. The van der Waals surface area contributed by atoms with Gasteiger partial charge in [0, 0.05) is 59.5 Å². The van der Waals surface area contributed by atoms with E-state index in [1.165, 1.54) is 25.7 Å². The molecule has 1 aromatic heterocycles. The molecule has 5 heteroatoms. The van der Waals surface area contributed by atoms with Crippen LogP contribution in [0.1, 0.15) is 60.6 Å². The van der Waals surface area contributed by atoms with Crippen molar-refractivity contribution in [1.29, 1.82) is 0 Å². The van der Waals surface area contributed by atoms with Crippen LogP contribution in [0.25, 0.3) is 0 Å². The van der Waals surface area contributed by atoms with Crippen LogP contribution in [-0.4, -0.2) is 59.5 Å². The molecule has 0 spiro atoms. The summed E-state index contributed by atoms with van der Waals surface area (Å²) in [4.78, 5) is 23.1. The minimum Gasteiger partial charge on any atom is -0.496 e. The molecule has 164 valence electrons. The van der Waals surface area contributed by atoms with E-state index in [9.17, 15) is 4.79 Å². The van der Waals surface area contributed by atoms with Gasteiger partial charge in [-0.2, -0.15) is 0 Å². The Balaban J connectivity index is 1.42. The molecule has 31 heavy (non-hydrogen) atoms. The van der Waals surface area contributed by atoms with Gasteiger partial charge in [0.2, 0.25) is 0 Å². The molecule has 3 fully saturated rings. The van der Waals surface area contributed by atoms with Crippen LogP contribution in [0.5, 0.6) is 5.75 Å². The summed E-state index contributed by atoms with van der Waals surface area (Å²) in [7, 11) is 3.96. The third-order valence-electron chi connectivity index (χ3n) is 8.14. The Kier molecular flexibility index (Phi) is 5.25. The molecule has 1 amide bonds. The Labute approximate surface area is 185 Å². The zero-order valence-electron chi connectivity index (χ0n) is 18.9. The minimum atomic E-state index is 0.167. The minimum absolute atomic E-state index is 0.167. The fraction of sp³-hybridized carbons (Fsp3) is 0.538. The summed E-state index contributed by atoms with van der Waals surface area (Å²) in [5.41, 5.74) is 2.95. The number of piperidine rings is 1. The van der Waals surface area contributed by atoms with Gasteiger partial charge in [-0.15, -0.1) is 0 Å². The van der Waals surface area contributed by atoms with Crippen molar-refractivity contribution in [3.63, 3.8) is 0 Å². The number of hydrogen-bond acceptors (Lipinski definition) is 4. The van der Waals surface area contributed by atoms with Crippen molar-refractivity contribution in [3.8, 4) is 5.75 Å². The first-order valence-electron chi connectivity index (χ1n) is 11.6. The summed E-state index contributed by atoms with van der Waals surface area (Å²) < 4.78 is 5.49. The van der Waals surface area contributed by atoms with Crippen molar-refractivity contribution in [2.45, 2.75) is 63.6 Å². The van der Waals surface area contributed by atoms with Crippen molar-refractivity contribution in [3.05, 3.63) is 59.4 Å². The standard InChI is InChI=1S/C26H33N3O2/c1-26-16-21-17-29(24(26)11-7-6-10-23(26)28(21)2)25(30)19-12-13-27-20(15-19)14-18-8-4-5-9-22(18)31-3/h4-5,8-9,12-13,15,21,23-24H,6-7,10-11,14,16-17H2,1-3H3/t21-,23-,24+,26-/m0/s1. The van der Waals surface area contributed by atoms with E-state index >= 15 is 0 Å². The molecule has 3 heterocycles. The van der Waals surface area contributed by atoms with E-state index in [4.69, 9.17) is 4.74 Å². The van der Waals surface area contributed by atoms with Gasteiger partial charge in [0.15, 0.2) is 0 Å². The topological polar surface area (TPSA) is 45.7 Å². The van der Waals surface area contributed by atoms with Gasteiger partial charge >= 0.3 is 0 Å². The van der Waals surface area contributed by atoms with Gasteiger partial charge in [-0.25, -0.2) is 0 Å². The van der Waals surface area contributed by atoms with Gasteiger partial charge in [0.25, 0.3) is 5.91 Å². The van der Waals surface area contributed by atoms with Crippen molar-refractivity contribution in [1.82, 2.24) is 14.8 Å². The molecule has 1 aliphatic carbocycles. The Hall–Kier alpha value is -2.40. The van der Waals surface area contributed by atoms with Crippen LogP contribution < -0.4 is 4.74 Å². The Morgan fingerprint density at radius 1 is 1.19 bits per heavy atom. The van der Waals surface area contributed by atoms with Gasteiger partial charge in [0.1, 0.15) is 5.75 Å². The maximum Gasteiger partial charge on any atom is 0.254 e. The number of benzene rings is 1. The summed E-state index contributed by atoms with van der Waals surface area (Å²) in [6, 6.07) is 13.3. The van der Waals surface area contributed by atoms with E-state index in [1.54, 1.807) is 13.3 Å². The molecule has 2 aromatic rings. The first-order chi connectivity index (χ1) is 15.0. The van der Waals surface area contributed by atoms with E-state index in [0.29, 0.717) is 24.5 Å². The first-order valence-corrected chi connectivity index (χ1v) is 11.6. The number of likely N-dealkylation sites (tertiary alicyclic amines) is 2. The number of likely N-dealkylation sites (N-methyl/N-ethyl adjacent to an activating group) is 1. The van der Waals surface area contributed by atoms with Crippen LogP contribution in [0.3, 0.4) is 0 Å². The van der Waals surface area contributed by atoms with Crippen LogP contribution in [0, 0.1) is 5.41 Å². The maximum atomic E-state index is 13.8. The van der Waals surface area contributed by atoms with Gasteiger partial charge < -0.3 is 9.64 Å². The highest BCUT2D eigenvalue weighted by Gasteiger charge is 2.58. The van der Waals surface area contributed by atoms with Crippen LogP contribution >= 0.6 is 0 Å². The summed E-state index contributed by atoms with van der Waals surface area (Å²) in [5, 5.41) is 0. The number of carbonyl (C=O) groups excluding carboxylic acids is 1. The fourth-order valence-corrected chi connectivity index (χ4v) is 6.61. The number of methoxy groups -OCH3 is 1. The van der Waals surface area contributed by atoms with Gasteiger partial charge in [-0.3, -0.25) is 14.7 Å². The predicted octanol–water partition coefficient (Wildman–Crippen LogP) is 4.16. The lowest BCUT2D eigenvalue weighted by atomic mass is 9.71. The van der Waals surface area contributed by atoms with E-state index in [1.807, 2.05) is 30.3 Å². The van der Waals surface area contributed by atoms with Crippen molar-refractivity contribution >= 4 is 5.91 Å². The number of hydrogen-bond donors (Lipinski definition) is 0. The summed E-state index contributed by atoms with van der Waals surface area (Å²) in [6.45, 7) is 3.28. The number of pyridine rings is 1. The van der Waals surface area contributed by atoms with E-state index in [-0.39, 0.29) is 11.3 Å². The molecule has 2 bridgehead atoms. The second kappa shape index (κ2) is 7.94. The van der Waals surface area contributed by atoms with E-state index < -0.39 is 0 Å². The third-order valence-corrected chi connectivity index (χ3v) is 8.14. The molecule has 3 aliphatic rings. The molecule has 0 N–H and O–H groups in total. The monoisotopic (exact) mass is 419 g/mol. The molecule has 1 saturated carbocycles. The highest BCUT2D eigenvalue weighted by Crippen LogP contribution is 2.52. The van der Waals surface area contributed by atoms with E-state index in [0.717, 1.165) is 35.5 Å².